The van der Waals surface area contributed by atoms with E-state index in [-0.39, 0.29) is 5.82 Å². The van der Waals surface area contributed by atoms with E-state index in [1.807, 2.05) is 0 Å². The molecular formula is C10H11ClFN. The SMILES string of the molecule is Fc1cc(Cl)ccc1CN1CCC1. The molecule has 0 radical (unpaired) electrons. The second kappa shape index (κ2) is 3.64. The number of rotatable bonds is 2. The van der Waals surface area contributed by atoms with Crippen molar-refractivity contribution < 1.29 is 4.39 Å². The maximum Gasteiger partial charge on any atom is 0.129 e. The van der Waals surface area contributed by atoms with Crippen molar-refractivity contribution in [3.05, 3.63) is 34.6 Å². The Morgan fingerprint density at radius 2 is 2.15 bits per heavy atom. The number of halogens is 2. The van der Waals surface area contributed by atoms with Gasteiger partial charge in [0.05, 0.1) is 0 Å². The van der Waals surface area contributed by atoms with Crippen LogP contribution in [0.5, 0.6) is 0 Å². The van der Waals surface area contributed by atoms with Crippen LogP contribution in [-0.2, 0) is 6.54 Å². The van der Waals surface area contributed by atoms with Gasteiger partial charge in [-0.15, -0.1) is 0 Å². The molecule has 0 aromatic heterocycles. The molecule has 1 heterocycles. The lowest BCUT2D eigenvalue weighted by molar-refractivity contribution is 0.170. The van der Waals surface area contributed by atoms with Gasteiger partial charge in [0.1, 0.15) is 5.82 Å². The highest BCUT2D eigenvalue weighted by Gasteiger charge is 2.15. The molecule has 13 heavy (non-hydrogen) atoms. The van der Waals surface area contributed by atoms with E-state index in [0.29, 0.717) is 11.6 Å². The van der Waals surface area contributed by atoms with E-state index in [1.54, 1.807) is 12.1 Å². The van der Waals surface area contributed by atoms with Gasteiger partial charge in [-0.25, -0.2) is 4.39 Å². The van der Waals surface area contributed by atoms with Gasteiger partial charge in [-0.3, -0.25) is 4.90 Å². The molecule has 3 heteroatoms. The fraction of sp³-hybridized carbons (Fsp3) is 0.400. The summed E-state index contributed by atoms with van der Waals surface area (Å²) in [6, 6.07) is 4.87. The van der Waals surface area contributed by atoms with Crippen molar-refractivity contribution in [2.45, 2.75) is 13.0 Å². The maximum absolute atomic E-state index is 13.3. The zero-order valence-electron chi connectivity index (χ0n) is 7.26. The first kappa shape index (κ1) is 8.97. The average molecular weight is 200 g/mol. The monoisotopic (exact) mass is 199 g/mol. The van der Waals surface area contributed by atoms with Crippen LogP contribution >= 0.6 is 11.6 Å². The lowest BCUT2D eigenvalue weighted by atomic mass is 10.1. The molecule has 1 nitrogen and oxygen atoms in total. The van der Waals surface area contributed by atoms with Gasteiger partial charge in [0.25, 0.3) is 0 Å². The summed E-state index contributed by atoms with van der Waals surface area (Å²) < 4.78 is 13.3. The topological polar surface area (TPSA) is 3.24 Å². The third kappa shape index (κ3) is 2.01. The highest BCUT2D eigenvalue weighted by molar-refractivity contribution is 6.30. The summed E-state index contributed by atoms with van der Waals surface area (Å²) in [7, 11) is 0. The summed E-state index contributed by atoms with van der Waals surface area (Å²) in [5, 5.41) is 0.463. The first-order chi connectivity index (χ1) is 6.25. The van der Waals surface area contributed by atoms with Crippen LogP contribution in [0.3, 0.4) is 0 Å². The van der Waals surface area contributed by atoms with Crippen LogP contribution in [0, 0.1) is 5.82 Å². The Labute approximate surface area is 82.1 Å². The van der Waals surface area contributed by atoms with Gasteiger partial charge in [-0.1, -0.05) is 17.7 Å². The Morgan fingerprint density at radius 1 is 1.38 bits per heavy atom. The van der Waals surface area contributed by atoms with Gasteiger partial charge in [0, 0.05) is 17.1 Å². The molecule has 1 saturated heterocycles. The smallest absolute Gasteiger partial charge is 0.129 e. The first-order valence-electron chi connectivity index (χ1n) is 4.42. The van der Waals surface area contributed by atoms with Crippen LogP contribution in [0.25, 0.3) is 0 Å². The van der Waals surface area contributed by atoms with Gasteiger partial charge in [0.2, 0.25) is 0 Å². The van der Waals surface area contributed by atoms with Crippen molar-refractivity contribution in [1.29, 1.82) is 0 Å². The standard InChI is InChI=1S/C10H11ClFN/c11-9-3-2-8(10(12)6-9)7-13-4-1-5-13/h2-3,6H,1,4-5,7H2. The zero-order chi connectivity index (χ0) is 9.26. The molecule has 1 aliphatic rings. The van der Waals surface area contributed by atoms with E-state index in [9.17, 15) is 4.39 Å². The van der Waals surface area contributed by atoms with E-state index in [4.69, 9.17) is 11.6 Å². The van der Waals surface area contributed by atoms with Gasteiger partial charge in [-0.2, -0.15) is 0 Å². The minimum Gasteiger partial charge on any atom is -0.299 e. The van der Waals surface area contributed by atoms with Crippen LogP contribution in [0.2, 0.25) is 5.02 Å². The molecule has 0 saturated carbocycles. The van der Waals surface area contributed by atoms with E-state index in [1.165, 1.54) is 12.5 Å². The van der Waals surface area contributed by atoms with Crippen LogP contribution in [0.4, 0.5) is 4.39 Å². The Hall–Kier alpha value is -0.600. The summed E-state index contributed by atoms with van der Waals surface area (Å²) >= 11 is 5.65. The molecule has 0 N–H and O–H groups in total. The molecule has 1 aromatic rings. The molecule has 0 atom stereocenters. The Bertz CT molecular complexity index is 310. The van der Waals surface area contributed by atoms with Gasteiger partial charge < -0.3 is 0 Å². The second-order valence-corrected chi connectivity index (χ2v) is 3.80. The molecule has 1 aliphatic heterocycles. The van der Waals surface area contributed by atoms with E-state index in [0.717, 1.165) is 18.7 Å². The third-order valence-corrected chi connectivity index (χ3v) is 2.59. The molecular weight excluding hydrogens is 189 g/mol. The van der Waals surface area contributed by atoms with E-state index >= 15 is 0 Å². The Kier molecular flexibility index (Phi) is 2.51. The molecule has 0 amide bonds. The Balaban J connectivity index is 2.10. The fourth-order valence-corrected chi connectivity index (χ4v) is 1.59. The summed E-state index contributed by atoms with van der Waals surface area (Å²) in [6.07, 6.45) is 1.23. The highest BCUT2D eigenvalue weighted by Crippen LogP contribution is 2.18. The Morgan fingerprint density at radius 3 is 2.69 bits per heavy atom. The minimum atomic E-state index is -0.195. The highest BCUT2D eigenvalue weighted by atomic mass is 35.5. The molecule has 2 rings (SSSR count). The average Bonchev–Trinajstić information content (AvgIpc) is 1.99. The van der Waals surface area contributed by atoms with Gasteiger partial charge >= 0.3 is 0 Å². The molecule has 1 fully saturated rings. The van der Waals surface area contributed by atoms with Crippen molar-refractivity contribution in [3.63, 3.8) is 0 Å². The van der Waals surface area contributed by atoms with Crippen molar-refractivity contribution in [2.24, 2.45) is 0 Å². The van der Waals surface area contributed by atoms with Gasteiger partial charge in [0.15, 0.2) is 0 Å². The summed E-state index contributed by atoms with van der Waals surface area (Å²) in [5.74, 6) is -0.195. The third-order valence-electron chi connectivity index (χ3n) is 2.36. The number of hydrogen-bond donors (Lipinski definition) is 0. The fourth-order valence-electron chi connectivity index (χ4n) is 1.43. The molecule has 0 bridgehead atoms. The molecule has 70 valence electrons. The van der Waals surface area contributed by atoms with Crippen LogP contribution in [0.15, 0.2) is 18.2 Å². The van der Waals surface area contributed by atoms with Crippen LogP contribution < -0.4 is 0 Å². The van der Waals surface area contributed by atoms with Crippen molar-refractivity contribution >= 4 is 11.6 Å². The number of hydrogen-bond acceptors (Lipinski definition) is 1. The second-order valence-electron chi connectivity index (χ2n) is 3.37. The minimum absolute atomic E-state index is 0.195. The summed E-state index contributed by atoms with van der Waals surface area (Å²) in [5.41, 5.74) is 0.740. The van der Waals surface area contributed by atoms with Gasteiger partial charge in [-0.05, 0) is 31.6 Å². The number of likely N-dealkylation sites (tertiary alicyclic amines) is 1. The molecule has 0 spiro atoms. The van der Waals surface area contributed by atoms with E-state index in [2.05, 4.69) is 4.90 Å². The van der Waals surface area contributed by atoms with Crippen molar-refractivity contribution in [3.8, 4) is 0 Å². The molecule has 1 aromatic carbocycles. The van der Waals surface area contributed by atoms with Crippen LogP contribution in [0.1, 0.15) is 12.0 Å². The molecule has 0 aliphatic carbocycles. The quantitative estimate of drug-likeness (QED) is 0.708. The predicted molar refractivity (Wildman–Crippen MR) is 51.3 cm³/mol. The number of nitrogens with zero attached hydrogens (tertiary/aromatic N) is 1. The van der Waals surface area contributed by atoms with E-state index < -0.39 is 0 Å². The number of benzene rings is 1. The summed E-state index contributed by atoms with van der Waals surface area (Å²) in [6.45, 7) is 2.88. The van der Waals surface area contributed by atoms with Crippen molar-refractivity contribution in [2.75, 3.05) is 13.1 Å². The summed E-state index contributed by atoms with van der Waals surface area (Å²) in [4.78, 5) is 2.21. The lowest BCUT2D eigenvalue weighted by Gasteiger charge is -2.30. The maximum atomic E-state index is 13.3. The lowest BCUT2D eigenvalue weighted by Crippen LogP contribution is -2.36. The van der Waals surface area contributed by atoms with Crippen LogP contribution in [-0.4, -0.2) is 18.0 Å². The predicted octanol–water partition coefficient (Wildman–Crippen LogP) is 2.68. The molecule has 0 unspecified atom stereocenters. The van der Waals surface area contributed by atoms with Crippen molar-refractivity contribution in [1.82, 2.24) is 4.90 Å². The largest absolute Gasteiger partial charge is 0.299 e. The zero-order valence-corrected chi connectivity index (χ0v) is 8.02. The normalized spacial score (nSPS) is 17.1. The first-order valence-corrected chi connectivity index (χ1v) is 4.80.